The van der Waals surface area contributed by atoms with Crippen molar-refractivity contribution in [1.29, 1.82) is 0 Å². The van der Waals surface area contributed by atoms with Gasteiger partial charge in [-0.05, 0) is 37.1 Å². The molecule has 0 fully saturated rings. The van der Waals surface area contributed by atoms with Gasteiger partial charge in [-0.1, -0.05) is 29.3 Å². The van der Waals surface area contributed by atoms with Gasteiger partial charge in [-0.15, -0.1) is 0 Å². The number of hydrogen-bond acceptors (Lipinski definition) is 2. The fourth-order valence-electron chi connectivity index (χ4n) is 1.55. The molecule has 0 aliphatic rings. The van der Waals surface area contributed by atoms with Crippen molar-refractivity contribution in [2.24, 2.45) is 0 Å². The Morgan fingerprint density at radius 2 is 1.81 bits per heavy atom. The molecule has 0 unspecified atom stereocenters. The highest BCUT2D eigenvalue weighted by molar-refractivity contribution is 6.34. The summed E-state index contributed by atoms with van der Waals surface area (Å²) in [5.41, 5.74) is 3.56. The van der Waals surface area contributed by atoms with E-state index in [1.54, 1.807) is 18.3 Å². The molecule has 0 bridgehead atoms. The second-order valence-corrected chi connectivity index (χ2v) is 4.44. The zero-order valence-electron chi connectivity index (χ0n) is 8.96. The highest BCUT2D eigenvalue weighted by Crippen LogP contribution is 2.28. The fourth-order valence-corrected chi connectivity index (χ4v) is 1.89. The monoisotopic (exact) mass is 252 g/mol. The molecular formula is C12H10Cl2N2. The van der Waals surface area contributed by atoms with Crippen LogP contribution in [0.2, 0.25) is 10.2 Å². The Balaban J connectivity index is 2.62. The van der Waals surface area contributed by atoms with Crippen LogP contribution in [0.15, 0.2) is 24.4 Å². The first kappa shape index (κ1) is 11.4. The summed E-state index contributed by atoms with van der Waals surface area (Å²) in [7, 11) is 0. The van der Waals surface area contributed by atoms with Crippen LogP contribution in [0.25, 0.3) is 11.4 Å². The van der Waals surface area contributed by atoms with E-state index in [-0.39, 0.29) is 0 Å². The molecule has 2 nitrogen and oxygen atoms in total. The van der Waals surface area contributed by atoms with Gasteiger partial charge in [-0.3, -0.25) is 4.98 Å². The second-order valence-electron chi connectivity index (χ2n) is 3.64. The Morgan fingerprint density at radius 1 is 1.06 bits per heavy atom. The molecule has 16 heavy (non-hydrogen) atoms. The van der Waals surface area contributed by atoms with Gasteiger partial charge in [0.15, 0.2) is 0 Å². The number of aryl methyl sites for hydroxylation is 2. The van der Waals surface area contributed by atoms with E-state index in [0.717, 1.165) is 16.8 Å². The first-order valence-electron chi connectivity index (χ1n) is 4.83. The molecule has 82 valence electrons. The number of nitrogens with zero attached hydrogens (tertiary/aromatic N) is 2. The van der Waals surface area contributed by atoms with E-state index in [1.165, 1.54) is 0 Å². The molecule has 0 aromatic carbocycles. The van der Waals surface area contributed by atoms with Crippen LogP contribution in [0.1, 0.15) is 11.1 Å². The predicted molar refractivity (Wildman–Crippen MR) is 67.0 cm³/mol. The SMILES string of the molecule is Cc1cnc(-c2nc(Cl)ccc2Cl)c(C)c1. The molecular weight excluding hydrogens is 243 g/mol. The lowest BCUT2D eigenvalue weighted by Crippen LogP contribution is -1.93. The molecule has 0 N–H and O–H groups in total. The standard InChI is InChI=1S/C12H10Cl2N2/c1-7-5-8(2)11(15-6-7)12-9(13)3-4-10(14)16-12/h3-6H,1-2H3. The third kappa shape index (κ3) is 2.18. The maximum Gasteiger partial charge on any atom is 0.129 e. The lowest BCUT2D eigenvalue weighted by atomic mass is 10.1. The van der Waals surface area contributed by atoms with Gasteiger partial charge >= 0.3 is 0 Å². The van der Waals surface area contributed by atoms with Crippen molar-refractivity contribution in [3.05, 3.63) is 45.7 Å². The summed E-state index contributed by atoms with van der Waals surface area (Å²) in [4.78, 5) is 8.55. The van der Waals surface area contributed by atoms with Gasteiger partial charge in [0.05, 0.1) is 10.7 Å². The van der Waals surface area contributed by atoms with Crippen LogP contribution in [-0.4, -0.2) is 9.97 Å². The molecule has 2 heterocycles. The summed E-state index contributed by atoms with van der Waals surface area (Å²) in [6, 6.07) is 5.44. The van der Waals surface area contributed by atoms with Crippen LogP contribution in [0.3, 0.4) is 0 Å². The molecule has 2 aromatic rings. The van der Waals surface area contributed by atoms with Crippen LogP contribution in [-0.2, 0) is 0 Å². The summed E-state index contributed by atoms with van der Waals surface area (Å²) < 4.78 is 0. The number of hydrogen-bond donors (Lipinski definition) is 0. The molecule has 2 aromatic heterocycles. The van der Waals surface area contributed by atoms with E-state index >= 15 is 0 Å². The molecule has 0 atom stereocenters. The number of halogens is 2. The van der Waals surface area contributed by atoms with Crippen molar-refractivity contribution in [3.63, 3.8) is 0 Å². The molecule has 0 radical (unpaired) electrons. The summed E-state index contributed by atoms with van der Waals surface area (Å²) >= 11 is 11.9. The number of pyridine rings is 2. The quantitative estimate of drug-likeness (QED) is 0.716. The minimum absolute atomic E-state index is 0.418. The summed E-state index contributed by atoms with van der Waals surface area (Å²) in [6.45, 7) is 3.98. The predicted octanol–water partition coefficient (Wildman–Crippen LogP) is 4.07. The lowest BCUT2D eigenvalue weighted by molar-refractivity contribution is 1.19. The normalized spacial score (nSPS) is 10.5. The molecule has 0 spiro atoms. The Bertz CT molecular complexity index is 539. The third-order valence-corrected chi connectivity index (χ3v) is 2.77. The topological polar surface area (TPSA) is 25.8 Å². The van der Waals surface area contributed by atoms with Gasteiger partial charge in [0.1, 0.15) is 10.8 Å². The van der Waals surface area contributed by atoms with Crippen LogP contribution in [0, 0.1) is 13.8 Å². The van der Waals surface area contributed by atoms with Crippen LogP contribution in [0.4, 0.5) is 0 Å². The van der Waals surface area contributed by atoms with Gasteiger partial charge in [0.25, 0.3) is 0 Å². The van der Waals surface area contributed by atoms with Gasteiger partial charge < -0.3 is 0 Å². The first-order valence-corrected chi connectivity index (χ1v) is 5.59. The van der Waals surface area contributed by atoms with Crippen molar-refractivity contribution < 1.29 is 0 Å². The van der Waals surface area contributed by atoms with Crippen LogP contribution >= 0.6 is 23.2 Å². The van der Waals surface area contributed by atoms with E-state index < -0.39 is 0 Å². The minimum Gasteiger partial charge on any atom is -0.254 e. The Labute approximate surface area is 104 Å². The third-order valence-electron chi connectivity index (χ3n) is 2.25. The summed E-state index contributed by atoms with van der Waals surface area (Å²) in [5.74, 6) is 0. The van der Waals surface area contributed by atoms with Crippen LogP contribution in [0.5, 0.6) is 0 Å². The second kappa shape index (κ2) is 4.40. The highest BCUT2D eigenvalue weighted by atomic mass is 35.5. The number of aromatic nitrogens is 2. The average Bonchev–Trinajstić information content (AvgIpc) is 2.22. The van der Waals surface area contributed by atoms with E-state index in [2.05, 4.69) is 9.97 Å². The van der Waals surface area contributed by atoms with E-state index in [0.29, 0.717) is 15.9 Å². The van der Waals surface area contributed by atoms with Crippen molar-refractivity contribution in [1.82, 2.24) is 9.97 Å². The van der Waals surface area contributed by atoms with Gasteiger partial charge in [-0.2, -0.15) is 0 Å². The zero-order chi connectivity index (χ0) is 11.7. The molecule has 4 heteroatoms. The van der Waals surface area contributed by atoms with Gasteiger partial charge in [-0.25, -0.2) is 4.98 Å². The van der Waals surface area contributed by atoms with Crippen molar-refractivity contribution >= 4 is 23.2 Å². The van der Waals surface area contributed by atoms with Crippen molar-refractivity contribution in [2.75, 3.05) is 0 Å². The zero-order valence-corrected chi connectivity index (χ0v) is 10.5. The Hall–Kier alpha value is -1.12. The smallest absolute Gasteiger partial charge is 0.129 e. The molecule has 0 amide bonds. The minimum atomic E-state index is 0.418. The van der Waals surface area contributed by atoms with Crippen molar-refractivity contribution in [2.45, 2.75) is 13.8 Å². The molecule has 0 saturated heterocycles. The maximum absolute atomic E-state index is 6.08. The Kier molecular flexibility index (Phi) is 3.13. The molecule has 0 aliphatic carbocycles. The molecule has 0 aliphatic heterocycles. The Morgan fingerprint density at radius 3 is 2.50 bits per heavy atom. The average molecular weight is 253 g/mol. The van der Waals surface area contributed by atoms with Crippen molar-refractivity contribution in [3.8, 4) is 11.4 Å². The van der Waals surface area contributed by atoms with Gasteiger partial charge in [0.2, 0.25) is 0 Å². The van der Waals surface area contributed by atoms with E-state index in [9.17, 15) is 0 Å². The molecule has 2 rings (SSSR count). The van der Waals surface area contributed by atoms with E-state index in [4.69, 9.17) is 23.2 Å². The summed E-state index contributed by atoms with van der Waals surface area (Å²) in [6.07, 6.45) is 1.79. The first-order chi connectivity index (χ1) is 7.58. The maximum atomic E-state index is 6.08. The largest absolute Gasteiger partial charge is 0.254 e. The summed E-state index contributed by atoms with van der Waals surface area (Å²) in [5, 5.41) is 0.977. The van der Waals surface area contributed by atoms with Crippen LogP contribution < -0.4 is 0 Å². The van der Waals surface area contributed by atoms with Gasteiger partial charge in [0, 0.05) is 6.20 Å². The molecule has 0 saturated carbocycles. The van der Waals surface area contributed by atoms with E-state index in [1.807, 2.05) is 19.9 Å². The fraction of sp³-hybridized carbons (Fsp3) is 0.167. The highest BCUT2D eigenvalue weighted by Gasteiger charge is 2.10. The number of rotatable bonds is 1. The lowest BCUT2D eigenvalue weighted by Gasteiger charge is -2.07.